The number of pyridine rings is 1. The van der Waals surface area contributed by atoms with E-state index in [0.29, 0.717) is 30.1 Å². The van der Waals surface area contributed by atoms with Crippen LogP contribution in [0, 0.1) is 5.92 Å². The molecule has 0 radical (unpaired) electrons. The largest absolute Gasteiger partial charge is 0.339 e. The Labute approximate surface area is 126 Å². The Kier molecular flexibility index (Phi) is 5.87. The van der Waals surface area contributed by atoms with Gasteiger partial charge < -0.3 is 9.84 Å². The summed E-state index contributed by atoms with van der Waals surface area (Å²) in [6.45, 7) is 7.59. The maximum Gasteiger partial charge on any atom is 0.228 e. The fourth-order valence-corrected chi connectivity index (χ4v) is 2.17. The molecule has 2 heterocycles. The molecule has 5 nitrogen and oxygen atoms in total. The Morgan fingerprint density at radius 1 is 1.29 bits per heavy atom. The maximum atomic E-state index is 5.37. The summed E-state index contributed by atoms with van der Waals surface area (Å²) in [5.41, 5.74) is 0.953. The molecule has 2 aromatic heterocycles. The zero-order chi connectivity index (χ0) is 15.1. The molecule has 0 aromatic carbocycles. The number of nitrogens with zero attached hydrogens (tertiary/aromatic N) is 3. The minimum atomic E-state index is 0.369. The minimum Gasteiger partial charge on any atom is -0.339 e. The smallest absolute Gasteiger partial charge is 0.228 e. The second kappa shape index (κ2) is 7.88. The van der Waals surface area contributed by atoms with Crippen LogP contribution in [0.3, 0.4) is 0 Å². The van der Waals surface area contributed by atoms with Gasteiger partial charge in [-0.2, -0.15) is 4.98 Å². The van der Waals surface area contributed by atoms with Crippen LogP contribution in [0.5, 0.6) is 0 Å². The highest BCUT2D eigenvalue weighted by molar-refractivity contribution is 5.09. The SMILES string of the molecule is CCCNC(Cc1nc(Cc2ccccn2)no1)C(C)C. The van der Waals surface area contributed by atoms with E-state index in [1.54, 1.807) is 6.20 Å². The molecule has 114 valence electrons. The number of hydrogen-bond acceptors (Lipinski definition) is 5. The zero-order valence-corrected chi connectivity index (χ0v) is 13.0. The molecule has 2 rings (SSSR count). The maximum absolute atomic E-state index is 5.37. The summed E-state index contributed by atoms with van der Waals surface area (Å²) in [6, 6.07) is 6.20. The average molecular weight is 288 g/mol. The Bertz CT molecular complexity index is 524. The van der Waals surface area contributed by atoms with Crippen molar-refractivity contribution in [2.45, 2.75) is 46.1 Å². The van der Waals surface area contributed by atoms with Gasteiger partial charge in [-0.25, -0.2) is 0 Å². The molecule has 0 fully saturated rings. The first-order valence-electron chi connectivity index (χ1n) is 7.63. The summed E-state index contributed by atoms with van der Waals surface area (Å²) in [5.74, 6) is 1.92. The lowest BCUT2D eigenvalue weighted by molar-refractivity contribution is 0.324. The molecule has 0 aliphatic carbocycles. The predicted octanol–water partition coefficient (Wildman–Crippen LogP) is 2.62. The van der Waals surface area contributed by atoms with Crippen LogP contribution >= 0.6 is 0 Å². The summed E-state index contributed by atoms with van der Waals surface area (Å²) >= 11 is 0. The normalized spacial score (nSPS) is 12.8. The number of rotatable bonds is 8. The van der Waals surface area contributed by atoms with Crippen molar-refractivity contribution in [1.29, 1.82) is 0 Å². The van der Waals surface area contributed by atoms with E-state index in [-0.39, 0.29) is 0 Å². The Morgan fingerprint density at radius 2 is 2.14 bits per heavy atom. The molecule has 0 spiro atoms. The van der Waals surface area contributed by atoms with Crippen molar-refractivity contribution in [3.63, 3.8) is 0 Å². The molecular formula is C16H24N4O. The van der Waals surface area contributed by atoms with Crippen molar-refractivity contribution in [2.75, 3.05) is 6.54 Å². The van der Waals surface area contributed by atoms with Crippen molar-refractivity contribution in [2.24, 2.45) is 5.92 Å². The summed E-state index contributed by atoms with van der Waals surface area (Å²) < 4.78 is 5.37. The van der Waals surface area contributed by atoms with Crippen LogP contribution in [0.1, 0.15) is 44.6 Å². The lowest BCUT2D eigenvalue weighted by Gasteiger charge is -2.20. The van der Waals surface area contributed by atoms with Crippen LogP contribution < -0.4 is 5.32 Å². The van der Waals surface area contributed by atoms with Crippen LogP contribution in [0.4, 0.5) is 0 Å². The summed E-state index contributed by atoms with van der Waals surface area (Å²) in [7, 11) is 0. The first-order valence-corrected chi connectivity index (χ1v) is 7.63. The monoisotopic (exact) mass is 288 g/mol. The second-order valence-corrected chi connectivity index (χ2v) is 5.61. The quantitative estimate of drug-likeness (QED) is 0.809. The highest BCUT2D eigenvalue weighted by Crippen LogP contribution is 2.10. The molecule has 2 aromatic rings. The summed E-state index contributed by atoms with van der Waals surface area (Å²) in [6.07, 6.45) is 4.28. The van der Waals surface area contributed by atoms with E-state index in [9.17, 15) is 0 Å². The fourth-order valence-electron chi connectivity index (χ4n) is 2.17. The van der Waals surface area contributed by atoms with E-state index in [1.165, 1.54) is 0 Å². The van der Waals surface area contributed by atoms with Gasteiger partial charge in [0.15, 0.2) is 5.82 Å². The molecule has 0 amide bonds. The molecule has 0 saturated carbocycles. The minimum absolute atomic E-state index is 0.369. The number of hydrogen-bond donors (Lipinski definition) is 1. The van der Waals surface area contributed by atoms with E-state index >= 15 is 0 Å². The molecule has 1 unspecified atom stereocenters. The molecule has 0 saturated heterocycles. The van der Waals surface area contributed by atoms with Gasteiger partial charge in [-0.3, -0.25) is 4.98 Å². The molecule has 1 atom stereocenters. The van der Waals surface area contributed by atoms with Gasteiger partial charge in [0, 0.05) is 24.4 Å². The van der Waals surface area contributed by atoms with Gasteiger partial charge in [-0.15, -0.1) is 0 Å². The van der Waals surface area contributed by atoms with E-state index in [0.717, 1.165) is 25.1 Å². The summed E-state index contributed by atoms with van der Waals surface area (Å²) in [4.78, 5) is 8.76. The third kappa shape index (κ3) is 4.93. The predicted molar refractivity (Wildman–Crippen MR) is 82.0 cm³/mol. The van der Waals surface area contributed by atoms with E-state index in [4.69, 9.17) is 4.52 Å². The van der Waals surface area contributed by atoms with Crippen molar-refractivity contribution in [1.82, 2.24) is 20.4 Å². The molecule has 0 aliphatic heterocycles. The number of aromatic nitrogens is 3. The fraction of sp³-hybridized carbons (Fsp3) is 0.562. The second-order valence-electron chi connectivity index (χ2n) is 5.61. The number of nitrogens with one attached hydrogen (secondary N) is 1. The first kappa shape index (κ1) is 15.6. The van der Waals surface area contributed by atoms with Crippen molar-refractivity contribution in [3.05, 3.63) is 41.8 Å². The van der Waals surface area contributed by atoms with Crippen LogP contribution in [0.2, 0.25) is 0 Å². The van der Waals surface area contributed by atoms with Gasteiger partial charge in [-0.05, 0) is 31.0 Å². The summed E-state index contributed by atoms with van der Waals surface area (Å²) in [5, 5.41) is 7.59. The first-order chi connectivity index (χ1) is 10.2. The Morgan fingerprint density at radius 3 is 2.81 bits per heavy atom. The molecule has 1 N–H and O–H groups in total. The molecule has 5 heteroatoms. The van der Waals surface area contributed by atoms with Gasteiger partial charge in [0.25, 0.3) is 0 Å². The van der Waals surface area contributed by atoms with Crippen LogP contribution in [-0.4, -0.2) is 27.7 Å². The highest BCUT2D eigenvalue weighted by atomic mass is 16.5. The van der Waals surface area contributed by atoms with E-state index < -0.39 is 0 Å². The highest BCUT2D eigenvalue weighted by Gasteiger charge is 2.17. The van der Waals surface area contributed by atoms with Crippen molar-refractivity contribution < 1.29 is 4.52 Å². The zero-order valence-electron chi connectivity index (χ0n) is 13.0. The van der Waals surface area contributed by atoms with Crippen LogP contribution in [0.25, 0.3) is 0 Å². The Balaban J connectivity index is 1.95. The molecule has 0 aliphatic rings. The molecule has 0 bridgehead atoms. The van der Waals surface area contributed by atoms with Gasteiger partial charge in [0.1, 0.15) is 0 Å². The third-order valence-electron chi connectivity index (χ3n) is 3.43. The van der Waals surface area contributed by atoms with Gasteiger partial charge in [0.2, 0.25) is 5.89 Å². The van der Waals surface area contributed by atoms with Crippen LogP contribution in [-0.2, 0) is 12.8 Å². The molecular weight excluding hydrogens is 264 g/mol. The Hall–Kier alpha value is -1.75. The standard InChI is InChI=1S/C16H24N4O/c1-4-8-18-14(12(2)3)11-16-19-15(20-21-16)10-13-7-5-6-9-17-13/h5-7,9,12,14,18H,4,8,10-11H2,1-3H3. The third-order valence-corrected chi connectivity index (χ3v) is 3.43. The van der Waals surface area contributed by atoms with E-state index in [2.05, 4.69) is 41.2 Å². The van der Waals surface area contributed by atoms with Crippen LogP contribution in [0.15, 0.2) is 28.9 Å². The lowest BCUT2D eigenvalue weighted by atomic mass is 10.0. The average Bonchev–Trinajstić information content (AvgIpc) is 2.91. The van der Waals surface area contributed by atoms with Gasteiger partial charge in [0.05, 0.1) is 6.42 Å². The van der Waals surface area contributed by atoms with E-state index in [1.807, 2.05) is 18.2 Å². The topological polar surface area (TPSA) is 63.8 Å². The van der Waals surface area contributed by atoms with Crippen molar-refractivity contribution in [3.8, 4) is 0 Å². The van der Waals surface area contributed by atoms with Gasteiger partial charge in [-0.1, -0.05) is 32.0 Å². The van der Waals surface area contributed by atoms with Crippen molar-refractivity contribution >= 4 is 0 Å². The molecule has 21 heavy (non-hydrogen) atoms. The van der Waals surface area contributed by atoms with Gasteiger partial charge >= 0.3 is 0 Å². The lowest BCUT2D eigenvalue weighted by Crippen LogP contribution is -2.36.